The average Bonchev–Trinajstić information content (AvgIpc) is 2.84. The summed E-state index contributed by atoms with van der Waals surface area (Å²) >= 11 is 0. The van der Waals surface area contributed by atoms with Crippen molar-refractivity contribution in [1.29, 1.82) is 0 Å². The lowest BCUT2D eigenvalue weighted by Gasteiger charge is -2.10. The number of aromatic nitrogens is 3. The smallest absolute Gasteiger partial charge is 0.129 e. The predicted octanol–water partition coefficient (Wildman–Crippen LogP) is 2.09. The lowest BCUT2D eigenvalue weighted by molar-refractivity contribution is 0.216. The second kappa shape index (κ2) is 4.40. The topological polar surface area (TPSA) is 50.4 Å². The Morgan fingerprint density at radius 3 is 2.84 bits per heavy atom. The molecule has 19 heavy (non-hydrogen) atoms. The van der Waals surface area contributed by atoms with Crippen LogP contribution in [0.15, 0.2) is 43.0 Å². The van der Waals surface area contributed by atoms with E-state index in [0.29, 0.717) is 11.1 Å². The van der Waals surface area contributed by atoms with Gasteiger partial charge in [-0.25, -0.2) is 13.3 Å². The van der Waals surface area contributed by atoms with E-state index >= 15 is 0 Å². The van der Waals surface area contributed by atoms with Gasteiger partial charge < -0.3 is 5.11 Å². The van der Waals surface area contributed by atoms with Gasteiger partial charge in [-0.3, -0.25) is 4.98 Å². The zero-order valence-electron chi connectivity index (χ0n) is 9.66. The van der Waals surface area contributed by atoms with Crippen molar-refractivity contribution >= 4 is 5.52 Å². The van der Waals surface area contributed by atoms with Gasteiger partial charge in [-0.2, -0.15) is 5.10 Å². The van der Waals surface area contributed by atoms with Gasteiger partial charge >= 0.3 is 0 Å². The van der Waals surface area contributed by atoms with Gasteiger partial charge in [0.15, 0.2) is 0 Å². The molecular formula is C13H9F2N3O. The minimum atomic E-state index is -1.29. The van der Waals surface area contributed by atoms with Gasteiger partial charge in [0.05, 0.1) is 17.9 Å². The fraction of sp³-hybridized carbons (Fsp3) is 0.0769. The molecule has 0 bridgehead atoms. The van der Waals surface area contributed by atoms with Crippen molar-refractivity contribution in [3.63, 3.8) is 0 Å². The first-order valence-electron chi connectivity index (χ1n) is 5.57. The number of aliphatic hydroxyl groups is 1. The number of halogens is 2. The molecule has 0 saturated heterocycles. The third-order valence-electron chi connectivity index (χ3n) is 2.90. The summed E-state index contributed by atoms with van der Waals surface area (Å²) in [5.41, 5.74) is 0.787. The van der Waals surface area contributed by atoms with Crippen molar-refractivity contribution in [2.45, 2.75) is 6.10 Å². The van der Waals surface area contributed by atoms with Gasteiger partial charge in [0, 0.05) is 23.5 Å². The zero-order valence-corrected chi connectivity index (χ0v) is 9.66. The molecule has 0 aliphatic heterocycles. The molecule has 96 valence electrons. The van der Waals surface area contributed by atoms with Crippen LogP contribution in [0.5, 0.6) is 0 Å². The Hall–Kier alpha value is -2.34. The largest absolute Gasteiger partial charge is 0.383 e. The summed E-state index contributed by atoms with van der Waals surface area (Å²) in [6, 6.07) is 2.96. The van der Waals surface area contributed by atoms with Gasteiger partial charge in [0.25, 0.3) is 0 Å². The number of nitrogens with zero attached hydrogens (tertiary/aromatic N) is 3. The van der Waals surface area contributed by atoms with Crippen LogP contribution in [0.25, 0.3) is 5.52 Å². The minimum Gasteiger partial charge on any atom is -0.383 e. The molecule has 1 atom stereocenters. The maximum atomic E-state index is 13.6. The minimum absolute atomic E-state index is 0.126. The number of aliphatic hydroxyl groups excluding tert-OH is 1. The van der Waals surface area contributed by atoms with Gasteiger partial charge in [-0.1, -0.05) is 0 Å². The van der Waals surface area contributed by atoms with Crippen molar-refractivity contribution in [2.24, 2.45) is 0 Å². The Kier molecular flexibility index (Phi) is 2.72. The number of hydrogen-bond acceptors (Lipinski definition) is 3. The lowest BCUT2D eigenvalue weighted by atomic mass is 10.0. The maximum Gasteiger partial charge on any atom is 0.129 e. The molecule has 6 heteroatoms. The summed E-state index contributed by atoms with van der Waals surface area (Å²) in [6.07, 6.45) is 4.76. The van der Waals surface area contributed by atoms with E-state index in [1.807, 2.05) is 0 Å². The summed E-state index contributed by atoms with van der Waals surface area (Å²) in [4.78, 5) is 3.92. The number of benzene rings is 1. The van der Waals surface area contributed by atoms with Crippen molar-refractivity contribution in [1.82, 2.24) is 14.6 Å². The summed E-state index contributed by atoms with van der Waals surface area (Å²) < 4.78 is 28.3. The molecule has 0 radical (unpaired) electrons. The quantitative estimate of drug-likeness (QED) is 0.768. The van der Waals surface area contributed by atoms with Crippen LogP contribution in [0.4, 0.5) is 8.78 Å². The van der Waals surface area contributed by atoms with Gasteiger partial charge in [0.1, 0.15) is 17.7 Å². The van der Waals surface area contributed by atoms with Crippen LogP contribution < -0.4 is 0 Å². The van der Waals surface area contributed by atoms with Crippen LogP contribution in [0.3, 0.4) is 0 Å². The molecule has 2 aromatic heterocycles. The van der Waals surface area contributed by atoms with Crippen LogP contribution >= 0.6 is 0 Å². The van der Waals surface area contributed by atoms with E-state index in [0.717, 1.165) is 18.2 Å². The van der Waals surface area contributed by atoms with Gasteiger partial charge in [-0.15, -0.1) is 0 Å². The summed E-state index contributed by atoms with van der Waals surface area (Å²) in [6.45, 7) is 0. The highest BCUT2D eigenvalue weighted by atomic mass is 19.1. The van der Waals surface area contributed by atoms with E-state index in [1.165, 1.54) is 16.9 Å². The standard InChI is InChI=1S/C13H9F2N3O/c14-8-1-2-11(15)9(5-8)13(19)10-6-17-18-4-3-16-7-12(10)18/h1-7,13,19H. The number of hydrogen-bond donors (Lipinski definition) is 1. The monoisotopic (exact) mass is 261 g/mol. The summed E-state index contributed by atoms with van der Waals surface area (Å²) in [7, 11) is 0. The molecule has 0 saturated carbocycles. The molecule has 4 nitrogen and oxygen atoms in total. The SMILES string of the molecule is OC(c1cc(F)ccc1F)c1cnn2ccncc12. The van der Waals surface area contributed by atoms with Crippen LogP contribution in [0.2, 0.25) is 0 Å². The average molecular weight is 261 g/mol. The summed E-state index contributed by atoms with van der Waals surface area (Å²) in [5.74, 6) is -1.28. The molecule has 3 rings (SSSR count). The first-order valence-corrected chi connectivity index (χ1v) is 5.57. The van der Waals surface area contributed by atoms with Crippen LogP contribution in [-0.4, -0.2) is 19.7 Å². The van der Waals surface area contributed by atoms with E-state index in [4.69, 9.17) is 0 Å². The first kappa shape index (κ1) is 11.7. The van der Waals surface area contributed by atoms with E-state index in [9.17, 15) is 13.9 Å². The highest BCUT2D eigenvalue weighted by Gasteiger charge is 2.19. The third-order valence-corrected chi connectivity index (χ3v) is 2.90. The van der Waals surface area contributed by atoms with Crippen LogP contribution in [0.1, 0.15) is 17.2 Å². The van der Waals surface area contributed by atoms with Gasteiger partial charge in [0.2, 0.25) is 0 Å². The van der Waals surface area contributed by atoms with Crippen LogP contribution in [0, 0.1) is 11.6 Å². The number of rotatable bonds is 2. The van der Waals surface area contributed by atoms with Gasteiger partial charge in [-0.05, 0) is 18.2 Å². The van der Waals surface area contributed by atoms with E-state index in [-0.39, 0.29) is 5.56 Å². The Morgan fingerprint density at radius 2 is 2.00 bits per heavy atom. The first-order chi connectivity index (χ1) is 9.16. The Morgan fingerprint density at radius 1 is 1.16 bits per heavy atom. The second-order valence-corrected chi connectivity index (χ2v) is 4.07. The molecule has 3 aromatic rings. The molecule has 1 N–H and O–H groups in total. The Balaban J connectivity index is 2.13. The third kappa shape index (κ3) is 1.96. The fourth-order valence-corrected chi connectivity index (χ4v) is 1.96. The Bertz CT molecular complexity index is 742. The second-order valence-electron chi connectivity index (χ2n) is 4.07. The molecule has 1 unspecified atom stereocenters. The highest BCUT2D eigenvalue weighted by Crippen LogP contribution is 2.27. The molecule has 2 heterocycles. The van der Waals surface area contributed by atoms with E-state index < -0.39 is 17.7 Å². The maximum absolute atomic E-state index is 13.6. The Labute approximate surface area is 107 Å². The van der Waals surface area contributed by atoms with E-state index in [1.54, 1.807) is 12.4 Å². The molecule has 1 aromatic carbocycles. The molecule has 0 amide bonds. The van der Waals surface area contributed by atoms with Crippen molar-refractivity contribution in [3.05, 3.63) is 65.7 Å². The molecule has 0 spiro atoms. The lowest BCUT2D eigenvalue weighted by Crippen LogP contribution is -2.03. The molecular weight excluding hydrogens is 252 g/mol. The molecule has 0 fully saturated rings. The predicted molar refractivity (Wildman–Crippen MR) is 63.4 cm³/mol. The molecule has 0 aliphatic rings. The highest BCUT2D eigenvalue weighted by molar-refractivity contribution is 5.54. The van der Waals surface area contributed by atoms with Crippen molar-refractivity contribution < 1.29 is 13.9 Å². The normalized spacial score (nSPS) is 12.8. The summed E-state index contributed by atoms with van der Waals surface area (Å²) in [5, 5.41) is 14.2. The van der Waals surface area contributed by atoms with Crippen molar-refractivity contribution in [3.8, 4) is 0 Å². The van der Waals surface area contributed by atoms with E-state index in [2.05, 4.69) is 10.1 Å². The number of fused-ring (bicyclic) bond motifs is 1. The zero-order chi connectivity index (χ0) is 13.4. The molecule has 0 aliphatic carbocycles. The fourth-order valence-electron chi connectivity index (χ4n) is 1.96. The van der Waals surface area contributed by atoms with Crippen molar-refractivity contribution in [2.75, 3.05) is 0 Å². The van der Waals surface area contributed by atoms with Crippen LogP contribution in [-0.2, 0) is 0 Å².